The van der Waals surface area contributed by atoms with Crippen molar-refractivity contribution in [2.24, 2.45) is 0 Å². The van der Waals surface area contributed by atoms with E-state index < -0.39 is 18.1 Å². The normalized spacial score (nSPS) is 15.8. The molecule has 5 aromatic carbocycles. The van der Waals surface area contributed by atoms with Crippen molar-refractivity contribution in [1.29, 1.82) is 0 Å². The summed E-state index contributed by atoms with van der Waals surface area (Å²) in [5.41, 5.74) is 4.45. The first-order chi connectivity index (χ1) is 28.4. The highest BCUT2D eigenvalue weighted by molar-refractivity contribution is 6.02. The number of ether oxygens (including phenoxy) is 6. The fraction of sp³-hybridized carbons (Fsp3) is 0.380. The van der Waals surface area contributed by atoms with Gasteiger partial charge in [-0.3, -0.25) is 4.79 Å². The molecule has 0 radical (unpaired) electrons. The minimum Gasteiger partial charge on any atom is -0.496 e. The van der Waals surface area contributed by atoms with Crippen LogP contribution in [0.15, 0.2) is 109 Å². The maximum absolute atomic E-state index is 14.2. The lowest BCUT2D eigenvalue weighted by atomic mass is 9.78. The van der Waals surface area contributed by atoms with E-state index >= 15 is 0 Å². The molecule has 1 aliphatic rings. The summed E-state index contributed by atoms with van der Waals surface area (Å²) in [6.07, 6.45) is 8.80. The molecule has 3 atom stereocenters. The maximum atomic E-state index is 14.2. The molecule has 1 heterocycles. The summed E-state index contributed by atoms with van der Waals surface area (Å²) >= 11 is 0. The highest BCUT2D eigenvalue weighted by Gasteiger charge is 2.43. The highest BCUT2D eigenvalue weighted by Crippen LogP contribution is 2.53. The van der Waals surface area contributed by atoms with Gasteiger partial charge in [0.2, 0.25) is 0 Å². The molecule has 0 saturated carbocycles. The lowest BCUT2D eigenvalue weighted by molar-refractivity contribution is 0.00734. The van der Waals surface area contributed by atoms with Crippen LogP contribution >= 0.6 is 0 Å². The molecule has 0 unspecified atom stereocenters. The predicted octanol–water partition coefficient (Wildman–Crippen LogP) is 11.6. The summed E-state index contributed by atoms with van der Waals surface area (Å²) in [6, 6.07) is 34.9. The van der Waals surface area contributed by atoms with E-state index in [9.17, 15) is 9.90 Å². The van der Waals surface area contributed by atoms with Crippen LogP contribution in [-0.4, -0.2) is 38.3 Å². The zero-order valence-electron chi connectivity index (χ0n) is 34.4. The molecule has 6 rings (SSSR count). The number of hydrogen-bond donors (Lipinski definition) is 1. The number of ketones is 1. The van der Waals surface area contributed by atoms with E-state index in [1.807, 2.05) is 103 Å². The van der Waals surface area contributed by atoms with Gasteiger partial charge in [0.1, 0.15) is 59.4 Å². The third kappa shape index (κ3) is 10.5. The molecule has 5 aromatic rings. The number of carbonyl (C=O) groups excluding carboxylic acids is 1. The zero-order chi connectivity index (χ0) is 40.7. The first-order valence-electron chi connectivity index (χ1n) is 20.7. The molecule has 0 spiro atoms. The van der Waals surface area contributed by atoms with Crippen molar-refractivity contribution in [2.45, 2.75) is 102 Å². The Morgan fingerprint density at radius 3 is 1.79 bits per heavy atom. The van der Waals surface area contributed by atoms with E-state index in [2.05, 4.69) is 6.92 Å². The molecule has 0 aliphatic carbocycles. The van der Waals surface area contributed by atoms with Crippen molar-refractivity contribution >= 4 is 5.78 Å². The van der Waals surface area contributed by atoms with Crippen molar-refractivity contribution in [3.05, 3.63) is 143 Å². The molecule has 58 heavy (non-hydrogen) atoms. The minimum atomic E-state index is -1.11. The number of benzene rings is 5. The van der Waals surface area contributed by atoms with Crippen LogP contribution in [0.2, 0.25) is 0 Å². The number of hydrogen-bond acceptors (Lipinski definition) is 8. The van der Waals surface area contributed by atoms with Crippen LogP contribution in [0.1, 0.15) is 121 Å². The standard InChI is InChI=1S/C50H58O8/c1-5-6-7-8-9-10-11-12-19-24-41(51)46-43(53-2)32-44(54-3)47(50(46)55-4)45-40-30-29-39(57-34-36-22-17-14-18-23-36)31-42(40)58-49(48(45)52)37-25-27-38(28-26-37)56-33-35-20-15-13-16-21-35/h13-18,20-23,25-32,45,48-49,52H,5-12,19,24,33-34H2,1-4H3/t45-,48-,49+/m0/s1. The fourth-order valence-electron chi connectivity index (χ4n) is 7.80. The van der Waals surface area contributed by atoms with Crippen LogP contribution in [0.5, 0.6) is 34.5 Å². The third-order valence-corrected chi connectivity index (χ3v) is 10.9. The van der Waals surface area contributed by atoms with Crippen molar-refractivity contribution in [1.82, 2.24) is 0 Å². The number of Topliss-reactive ketones (excluding diaryl/α,β-unsaturated/α-hetero) is 1. The van der Waals surface area contributed by atoms with Crippen LogP contribution < -0.4 is 28.4 Å². The topological polar surface area (TPSA) is 92.7 Å². The third-order valence-electron chi connectivity index (χ3n) is 10.9. The fourth-order valence-corrected chi connectivity index (χ4v) is 7.80. The Bertz CT molecular complexity index is 2030. The van der Waals surface area contributed by atoms with E-state index in [1.54, 1.807) is 27.4 Å². The van der Waals surface area contributed by atoms with E-state index in [4.69, 9.17) is 28.4 Å². The molecule has 306 valence electrons. The second kappa shape index (κ2) is 21.3. The van der Waals surface area contributed by atoms with Crippen LogP contribution in [0.3, 0.4) is 0 Å². The number of carbonyl (C=O) groups is 1. The van der Waals surface area contributed by atoms with Crippen molar-refractivity contribution < 1.29 is 38.3 Å². The lowest BCUT2D eigenvalue weighted by Gasteiger charge is -2.38. The van der Waals surface area contributed by atoms with Gasteiger partial charge in [-0.25, -0.2) is 0 Å². The van der Waals surface area contributed by atoms with Gasteiger partial charge in [-0.05, 0) is 41.3 Å². The van der Waals surface area contributed by atoms with Crippen LogP contribution in [0.4, 0.5) is 0 Å². The summed E-state index contributed by atoms with van der Waals surface area (Å²) < 4.78 is 37.0. The first kappa shape index (κ1) is 42.1. The maximum Gasteiger partial charge on any atom is 0.170 e. The summed E-state index contributed by atoms with van der Waals surface area (Å²) in [6.45, 7) is 3.04. The Hall–Kier alpha value is -5.47. The van der Waals surface area contributed by atoms with E-state index in [-0.39, 0.29) is 5.78 Å². The van der Waals surface area contributed by atoms with Gasteiger partial charge < -0.3 is 33.5 Å². The second-order valence-corrected chi connectivity index (χ2v) is 14.9. The summed E-state index contributed by atoms with van der Waals surface area (Å²) in [7, 11) is 4.66. The summed E-state index contributed by atoms with van der Waals surface area (Å²) in [4.78, 5) is 14.2. The van der Waals surface area contributed by atoms with Gasteiger partial charge in [0.25, 0.3) is 0 Å². The Morgan fingerprint density at radius 1 is 0.638 bits per heavy atom. The number of methoxy groups -OCH3 is 3. The largest absolute Gasteiger partial charge is 0.496 e. The van der Waals surface area contributed by atoms with E-state index in [0.717, 1.165) is 36.0 Å². The Morgan fingerprint density at radius 2 is 1.21 bits per heavy atom. The molecular weight excluding hydrogens is 729 g/mol. The number of unbranched alkanes of at least 4 members (excludes halogenated alkanes) is 8. The number of aliphatic hydroxyl groups excluding tert-OH is 1. The molecule has 1 aliphatic heterocycles. The summed E-state index contributed by atoms with van der Waals surface area (Å²) in [5, 5.41) is 12.5. The molecule has 0 fully saturated rings. The van der Waals surface area contributed by atoms with Gasteiger partial charge in [-0.15, -0.1) is 0 Å². The average molecular weight is 787 g/mol. The van der Waals surface area contributed by atoms with Gasteiger partial charge in [0, 0.05) is 35.6 Å². The Balaban J connectivity index is 1.32. The van der Waals surface area contributed by atoms with Gasteiger partial charge >= 0.3 is 0 Å². The summed E-state index contributed by atoms with van der Waals surface area (Å²) in [5.74, 6) is 2.17. The molecule has 0 aromatic heterocycles. The number of fused-ring (bicyclic) bond motifs is 1. The van der Waals surface area contributed by atoms with Crippen molar-refractivity contribution in [2.75, 3.05) is 21.3 Å². The monoisotopic (exact) mass is 786 g/mol. The van der Waals surface area contributed by atoms with E-state index in [1.165, 1.54) is 38.5 Å². The van der Waals surface area contributed by atoms with Gasteiger partial charge in [-0.2, -0.15) is 0 Å². The van der Waals surface area contributed by atoms with Crippen molar-refractivity contribution in [3.63, 3.8) is 0 Å². The van der Waals surface area contributed by atoms with Crippen molar-refractivity contribution in [3.8, 4) is 34.5 Å². The smallest absolute Gasteiger partial charge is 0.170 e. The molecular formula is C50H58O8. The zero-order valence-corrected chi connectivity index (χ0v) is 34.4. The van der Waals surface area contributed by atoms with Gasteiger partial charge in [0.05, 0.1) is 21.3 Å². The van der Waals surface area contributed by atoms with E-state index in [0.29, 0.717) is 70.8 Å². The van der Waals surface area contributed by atoms with Crippen LogP contribution in [0.25, 0.3) is 0 Å². The molecule has 0 amide bonds. The van der Waals surface area contributed by atoms with Crippen LogP contribution in [-0.2, 0) is 13.2 Å². The molecule has 8 nitrogen and oxygen atoms in total. The van der Waals surface area contributed by atoms with Gasteiger partial charge in [-0.1, -0.05) is 137 Å². The average Bonchev–Trinajstić information content (AvgIpc) is 3.27. The Kier molecular flexibility index (Phi) is 15.5. The molecule has 8 heteroatoms. The lowest BCUT2D eigenvalue weighted by Crippen LogP contribution is -2.35. The second-order valence-electron chi connectivity index (χ2n) is 14.9. The molecule has 0 bridgehead atoms. The van der Waals surface area contributed by atoms with Crippen LogP contribution in [0, 0.1) is 0 Å². The highest BCUT2D eigenvalue weighted by atomic mass is 16.5. The number of aliphatic hydroxyl groups is 1. The first-order valence-corrected chi connectivity index (χ1v) is 20.7. The number of rotatable bonds is 22. The predicted molar refractivity (Wildman–Crippen MR) is 228 cm³/mol. The molecule has 1 N–H and O–H groups in total. The Labute approximate surface area is 344 Å². The SMILES string of the molecule is CCCCCCCCCCCC(=O)c1c(OC)cc(OC)c([C@@H]2c3ccc(OCc4ccccc4)cc3O[C@H](c3ccc(OCc4ccccc4)cc3)[C@H]2O)c1OC. The van der Waals surface area contributed by atoms with Gasteiger partial charge in [0.15, 0.2) is 11.9 Å². The minimum absolute atomic E-state index is 0.0744. The quantitative estimate of drug-likeness (QED) is 0.0548. The molecule has 0 saturated heterocycles.